The number of hydrogen-bond acceptors (Lipinski definition) is 4. The van der Waals surface area contributed by atoms with E-state index >= 15 is 0 Å². The third-order valence-corrected chi connectivity index (χ3v) is 2.20. The minimum atomic E-state index is -4.60. The Labute approximate surface area is 111 Å². The largest absolute Gasteiger partial charge is 0.481 e. The van der Waals surface area contributed by atoms with Crippen LogP contribution in [0.1, 0.15) is 12.1 Å². The lowest BCUT2D eigenvalue weighted by molar-refractivity contribution is -0.141. The van der Waals surface area contributed by atoms with Crippen LogP contribution >= 0.6 is 0 Å². The maximum atomic E-state index is 12.2. The Hall–Kier alpha value is -2.39. The van der Waals surface area contributed by atoms with Crippen molar-refractivity contribution in [3.63, 3.8) is 0 Å². The smallest absolute Gasteiger partial charge is 0.435 e. The summed E-state index contributed by atoms with van der Waals surface area (Å²) in [5, 5.41) is 16.8. The standard InChI is InChI=1S/C10H11F3N4O3/c1-17(5-4-8(18)19)9(20)14-7-3-2-6(15-16-7)10(11,12)13/h2-3H,4-5H2,1H3,(H,18,19)(H,14,16,20). The zero-order chi connectivity index (χ0) is 15.3. The third kappa shape index (κ3) is 4.71. The Kier molecular flexibility index (Phi) is 4.83. The van der Waals surface area contributed by atoms with E-state index in [4.69, 9.17) is 5.11 Å². The minimum absolute atomic E-state index is 0.0464. The second-order valence-electron chi connectivity index (χ2n) is 3.80. The molecule has 0 radical (unpaired) electrons. The van der Waals surface area contributed by atoms with Gasteiger partial charge < -0.3 is 10.0 Å². The van der Waals surface area contributed by atoms with Crippen molar-refractivity contribution < 1.29 is 27.9 Å². The molecule has 1 rings (SSSR count). The zero-order valence-corrected chi connectivity index (χ0v) is 10.3. The summed E-state index contributed by atoms with van der Waals surface area (Å²) >= 11 is 0. The second-order valence-corrected chi connectivity index (χ2v) is 3.80. The fourth-order valence-electron chi connectivity index (χ4n) is 1.12. The van der Waals surface area contributed by atoms with E-state index in [-0.39, 0.29) is 18.8 Å². The number of aliphatic carboxylic acids is 1. The Balaban J connectivity index is 2.60. The lowest BCUT2D eigenvalue weighted by atomic mass is 10.4. The van der Waals surface area contributed by atoms with Gasteiger partial charge in [-0.05, 0) is 12.1 Å². The topological polar surface area (TPSA) is 95.4 Å². The molecular formula is C10H11F3N4O3. The lowest BCUT2D eigenvalue weighted by Gasteiger charge is -2.16. The molecule has 0 fully saturated rings. The molecule has 1 aromatic heterocycles. The molecule has 0 saturated carbocycles. The number of carbonyl (C=O) groups excluding carboxylic acids is 1. The average molecular weight is 292 g/mol. The molecule has 2 amide bonds. The number of alkyl halides is 3. The molecule has 10 heteroatoms. The van der Waals surface area contributed by atoms with Gasteiger partial charge >= 0.3 is 18.2 Å². The number of carbonyl (C=O) groups is 2. The van der Waals surface area contributed by atoms with Crippen LogP contribution in [0, 0.1) is 0 Å². The van der Waals surface area contributed by atoms with E-state index in [1.807, 2.05) is 0 Å². The van der Waals surface area contributed by atoms with Gasteiger partial charge in [-0.1, -0.05) is 0 Å². The average Bonchev–Trinajstić information content (AvgIpc) is 2.35. The van der Waals surface area contributed by atoms with Crippen molar-refractivity contribution >= 4 is 17.8 Å². The fraction of sp³-hybridized carbons (Fsp3) is 0.400. The molecular weight excluding hydrogens is 281 g/mol. The summed E-state index contributed by atoms with van der Waals surface area (Å²) in [4.78, 5) is 22.9. The summed E-state index contributed by atoms with van der Waals surface area (Å²) in [6.07, 6.45) is -4.85. The molecule has 0 aliphatic carbocycles. The number of nitrogens with zero attached hydrogens (tertiary/aromatic N) is 3. The molecule has 0 bridgehead atoms. The van der Waals surface area contributed by atoms with Gasteiger partial charge in [-0.3, -0.25) is 10.1 Å². The highest BCUT2D eigenvalue weighted by molar-refractivity contribution is 5.88. The van der Waals surface area contributed by atoms with E-state index in [1.165, 1.54) is 7.05 Å². The third-order valence-electron chi connectivity index (χ3n) is 2.20. The van der Waals surface area contributed by atoms with E-state index < -0.39 is 23.9 Å². The van der Waals surface area contributed by atoms with Gasteiger partial charge in [-0.15, -0.1) is 10.2 Å². The van der Waals surface area contributed by atoms with E-state index in [1.54, 1.807) is 0 Å². The van der Waals surface area contributed by atoms with Crippen molar-refractivity contribution in [2.75, 3.05) is 18.9 Å². The Morgan fingerprint density at radius 1 is 1.35 bits per heavy atom. The first-order valence-corrected chi connectivity index (χ1v) is 5.35. The van der Waals surface area contributed by atoms with Crippen molar-refractivity contribution in [3.8, 4) is 0 Å². The van der Waals surface area contributed by atoms with E-state index in [0.29, 0.717) is 6.07 Å². The SMILES string of the molecule is CN(CCC(=O)O)C(=O)Nc1ccc(C(F)(F)F)nn1. The highest BCUT2D eigenvalue weighted by Crippen LogP contribution is 2.27. The van der Waals surface area contributed by atoms with Gasteiger partial charge in [-0.2, -0.15) is 13.2 Å². The van der Waals surface area contributed by atoms with Gasteiger partial charge in [0.25, 0.3) is 0 Å². The minimum Gasteiger partial charge on any atom is -0.481 e. The number of rotatable bonds is 4. The molecule has 110 valence electrons. The van der Waals surface area contributed by atoms with Crippen LogP contribution in [0.25, 0.3) is 0 Å². The van der Waals surface area contributed by atoms with Crippen LogP contribution in [0.5, 0.6) is 0 Å². The van der Waals surface area contributed by atoms with E-state index in [9.17, 15) is 22.8 Å². The molecule has 7 nitrogen and oxygen atoms in total. The van der Waals surface area contributed by atoms with Crippen LogP contribution in [0.15, 0.2) is 12.1 Å². The van der Waals surface area contributed by atoms with Crippen molar-refractivity contribution in [1.29, 1.82) is 0 Å². The molecule has 0 aromatic carbocycles. The molecule has 0 unspecified atom stereocenters. The zero-order valence-electron chi connectivity index (χ0n) is 10.3. The number of halogens is 3. The number of amides is 2. The van der Waals surface area contributed by atoms with Crippen LogP contribution in [-0.4, -0.2) is 45.8 Å². The molecule has 1 heterocycles. The Morgan fingerprint density at radius 3 is 2.45 bits per heavy atom. The number of carboxylic acid groups (broad SMARTS) is 1. The van der Waals surface area contributed by atoms with E-state index in [0.717, 1.165) is 11.0 Å². The van der Waals surface area contributed by atoms with Crippen LogP contribution in [0.2, 0.25) is 0 Å². The number of aromatic nitrogens is 2. The van der Waals surface area contributed by atoms with Gasteiger partial charge in [0, 0.05) is 13.6 Å². The van der Waals surface area contributed by atoms with Gasteiger partial charge in [0.1, 0.15) is 0 Å². The summed E-state index contributed by atoms with van der Waals surface area (Å²) in [6.45, 7) is -0.0464. The number of anilines is 1. The first kappa shape index (κ1) is 15.7. The van der Waals surface area contributed by atoms with E-state index in [2.05, 4.69) is 15.5 Å². The van der Waals surface area contributed by atoms with Crippen molar-refractivity contribution in [1.82, 2.24) is 15.1 Å². The number of carboxylic acids is 1. The normalized spacial score (nSPS) is 11.0. The summed E-state index contributed by atoms with van der Waals surface area (Å²) in [5.41, 5.74) is -1.17. The number of hydrogen-bond donors (Lipinski definition) is 2. The van der Waals surface area contributed by atoms with Crippen molar-refractivity contribution in [2.24, 2.45) is 0 Å². The van der Waals surface area contributed by atoms with Crippen molar-refractivity contribution in [2.45, 2.75) is 12.6 Å². The van der Waals surface area contributed by atoms with Crippen LogP contribution < -0.4 is 5.32 Å². The van der Waals surface area contributed by atoms with Crippen molar-refractivity contribution in [3.05, 3.63) is 17.8 Å². The maximum absolute atomic E-state index is 12.2. The number of urea groups is 1. The molecule has 20 heavy (non-hydrogen) atoms. The summed E-state index contributed by atoms with van der Waals surface area (Å²) in [6, 6.07) is 0.943. The lowest BCUT2D eigenvalue weighted by Crippen LogP contribution is -2.33. The monoisotopic (exact) mass is 292 g/mol. The highest BCUT2D eigenvalue weighted by Gasteiger charge is 2.32. The predicted molar refractivity (Wildman–Crippen MR) is 60.9 cm³/mol. The Morgan fingerprint density at radius 2 is 2.00 bits per heavy atom. The fourth-order valence-corrected chi connectivity index (χ4v) is 1.12. The summed E-state index contributed by atoms with van der Waals surface area (Å²) < 4.78 is 36.7. The maximum Gasteiger partial charge on any atom is 0.435 e. The van der Waals surface area contributed by atoms with Crippen LogP contribution in [-0.2, 0) is 11.0 Å². The Bertz CT molecular complexity index is 490. The van der Waals surface area contributed by atoms with Gasteiger partial charge in [-0.25, -0.2) is 4.79 Å². The quantitative estimate of drug-likeness (QED) is 0.875. The summed E-state index contributed by atoms with van der Waals surface area (Å²) in [5.74, 6) is -1.23. The molecule has 1 aromatic rings. The van der Waals surface area contributed by atoms with Gasteiger partial charge in [0.15, 0.2) is 11.5 Å². The molecule has 0 atom stereocenters. The first-order valence-electron chi connectivity index (χ1n) is 5.35. The first-order chi connectivity index (χ1) is 9.20. The van der Waals surface area contributed by atoms with Gasteiger partial charge in [0.05, 0.1) is 6.42 Å². The second kappa shape index (κ2) is 6.17. The molecule has 0 aliphatic rings. The van der Waals surface area contributed by atoms with Crippen LogP contribution in [0.4, 0.5) is 23.8 Å². The highest BCUT2D eigenvalue weighted by atomic mass is 19.4. The molecule has 0 saturated heterocycles. The van der Waals surface area contributed by atoms with Gasteiger partial charge in [0.2, 0.25) is 0 Å². The number of nitrogens with one attached hydrogen (secondary N) is 1. The molecule has 2 N–H and O–H groups in total. The van der Waals surface area contributed by atoms with Crippen LogP contribution in [0.3, 0.4) is 0 Å². The molecule has 0 spiro atoms. The summed E-state index contributed by atoms with van der Waals surface area (Å²) in [7, 11) is 1.34. The predicted octanol–water partition coefficient (Wildman–Crippen LogP) is 1.43. The molecule has 0 aliphatic heterocycles.